The van der Waals surface area contributed by atoms with Gasteiger partial charge in [0, 0.05) is 21.9 Å². The highest BCUT2D eigenvalue weighted by molar-refractivity contribution is 6.00. The Morgan fingerprint density at radius 1 is 0.516 bits per heavy atom. The molecule has 1 aromatic heterocycles. The molecule has 4 nitrogen and oxygen atoms in total. The lowest BCUT2D eigenvalue weighted by Gasteiger charge is -2.61. The Kier molecular flexibility index (Phi) is 8.37. The standard InChI is InChI=1S/C60H46N2O2/c1-3-12-38(4-2)39-19-21-41(22-20-39)59-61-53-33-43(24-26-49(53)58(62-59)48-16-9-8-15-46(48)40-13-6-5-7-14-40)42-23-25-47-50-34-56-57(64-55-18-11-10-17-54(55)63-56)35-52(50)60(51(47)32-42)44-28-36-27-37(30-44)31-45(60)29-36/h3-26,32-37,44-45H,1-2,27-31H2/b38-12+. The molecule has 64 heavy (non-hydrogen) atoms. The zero-order chi connectivity index (χ0) is 42.5. The molecule has 4 saturated carbocycles. The summed E-state index contributed by atoms with van der Waals surface area (Å²) in [4.78, 5) is 10.8. The lowest BCUT2D eigenvalue weighted by atomic mass is 9.43. The number of hydrogen-bond donors (Lipinski definition) is 0. The Bertz CT molecular complexity index is 3240. The average molecular weight is 827 g/mol. The maximum atomic E-state index is 6.62. The lowest BCUT2D eigenvalue weighted by Crippen LogP contribution is -2.55. The van der Waals surface area contributed by atoms with E-state index in [2.05, 4.69) is 141 Å². The summed E-state index contributed by atoms with van der Waals surface area (Å²) >= 11 is 0. The van der Waals surface area contributed by atoms with Crippen LogP contribution in [0.1, 0.15) is 48.8 Å². The number of rotatable bonds is 7. The molecule has 0 atom stereocenters. The van der Waals surface area contributed by atoms with Crippen LogP contribution in [-0.4, -0.2) is 9.97 Å². The summed E-state index contributed by atoms with van der Waals surface area (Å²) in [7, 11) is 0. The molecule has 1 aliphatic heterocycles. The molecule has 0 amide bonds. The minimum absolute atomic E-state index is 0.0531. The Morgan fingerprint density at radius 2 is 1.14 bits per heavy atom. The first-order valence-electron chi connectivity index (χ1n) is 22.9. The van der Waals surface area contributed by atoms with Crippen molar-refractivity contribution in [2.24, 2.45) is 23.7 Å². The van der Waals surface area contributed by atoms with Crippen molar-refractivity contribution in [2.75, 3.05) is 0 Å². The molecule has 5 aliphatic carbocycles. The summed E-state index contributed by atoms with van der Waals surface area (Å²) < 4.78 is 13.2. The molecule has 14 rings (SSSR count). The van der Waals surface area contributed by atoms with Gasteiger partial charge in [0.05, 0.1) is 11.2 Å². The Hall–Kier alpha value is -7.30. The zero-order valence-electron chi connectivity index (χ0n) is 35.6. The highest BCUT2D eigenvalue weighted by Crippen LogP contribution is 2.70. The van der Waals surface area contributed by atoms with Crippen molar-refractivity contribution >= 4 is 16.5 Å². The van der Waals surface area contributed by atoms with Crippen molar-refractivity contribution in [1.82, 2.24) is 9.97 Å². The normalized spacial score (nSPS) is 22.0. The average Bonchev–Trinajstić information content (AvgIpc) is 3.61. The van der Waals surface area contributed by atoms with E-state index in [1.165, 1.54) is 59.9 Å². The molecule has 6 aliphatic rings. The van der Waals surface area contributed by atoms with Crippen molar-refractivity contribution in [3.8, 4) is 79.0 Å². The van der Waals surface area contributed by atoms with Gasteiger partial charge in [0.25, 0.3) is 0 Å². The first-order valence-corrected chi connectivity index (χ1v) is 22.9. The van der Waals surface area contributed by atoms with Gasteiger partial charge in [-0.15, -0.1) is 0 Å². The molecule has 4 bridgehead atoms. The smallest absolute Gasteiger partial charge is 0.170 e. The van der Waals surface area contributed by atoms with Crippen LogP contribution in [0.4, 0.5) is 0 Å². The zero-order valence-corrected chi connectivity index (χ0v) is 35.6. The summed E-state index contributed by atoms with van der Waals surface area (Å²) in [6.45, 7) is 7.93. The van der Waals surface area contributed by atoms with Crippen LogP contribution in [0, 0.1) is 23.7 Å². The van der Waals surface area contributed by atoms with Crippen LogP contribution >= 0.6 is 0 Å². The first-order chi connectivity index (χ1) is 31.5. The van der Waals surface area contributed by atoms with Gasteiger partial charge in [0.15, 0.2) is 28.8 Å². The monoisotopic (exact) mass is 826 g/mol. The molecule has 0 saturated heterocycles. The van der Waals surface area contributed by atoms with E-state index in [0.717, 1.165) is 90.4 Å². The number of allylic oxidation sites excluding steroid dienone is 4. The van der Waals surface area contributed by atoms with Gasteiger partial charge in [-0.1, -0.05) is 141 Å². The maximum Gasteiger partial charge on any atom is 0.170 e. The molecule has 0 radical (unpaired) electrons. The van der Waals surface area contributed by atoms with Crippen molar-refractivity contribution in [3.05, 3.63) is 200 Å². The largest absolute Gasteiger partial charge is 0.450 e. The molecule has 0 N–H and O–H groups in total. The number of benzene rings is 7. The molecule has 7 aromatic carbocycles. The van der Waals surface area contributed by atoms with Crippen LogP contribution in [0.5, 0.6) is 23.0 Å². The number of ether oxygens (including phenoxy) is 2. The molecular formula is C60H46N2O2. The van der Waals surface area contributed by atoms with E-state index in [-0.39, 0.29) is 5.41 Å². The molecule has 1 spiro atoms. The summed E-state index contributed by atoms with van der Waals surface area (Å²) in [5.41, 5.74) is 16.1. The van der Waals surface area contributed by atoms with Crippen LogP contribution in [0.25, 0.3) is 72.5 Å². The van der Waals surface area contributed by atoms with Gasteiger partial charge in [-0.3, -0.25) is 0 Å². The Labute approximate surface area is 374 Å². The van der Waals surface area contributed by atoms with Gasteiger partial charge < -0.3 is 9.47 Å². The van der Waals surface area contributed by atoms with Gasteiger partial charge in [-0.05, 0) is 154 Å². The van der Waals surface area contributed by atoms with Crippen molar-refractivity contribution in [1.29, 1.82) is 0 Å². The second-order valence-corrected chi connectivity index (χ2v) is 18.6. The van der Waals surface area contributed by atoms with E-state index < -0.39 is 0 Å². The van der Waals surface area contributed by atoms with Crippen LogP contribution in [0.15, 0.2) is 183 Å². The van der Waals surface area contributed by atoms with E-state index in [0.29, 0.717) is 17.7 Å². The number of hydrogen-bond acceptors (Lipinski definition) is 4. The van der Waals surface area contributed by atoms with Crippen molar-refractivity contribution in [2.45, 2.75) is 37.5 Å². The first kappa shape index (κ1) is 37.3. The summed E-state index contributed by atoms with van der Waals surface area (Å²) in [5, 5.41) is 1.02. The number of para-hydroxylation sites is 2. The Balaban J connectivity index is 0.976. The van der Waals surface area contributed by atoms with E-state index >= 15 is 0 Å². The number of nitrogens with zero attached hydrogens (tertiary/aromatic N) is 2. The van der Waals surface area contributed by atoms with E-state index in [1.54, 1.807) is 6.08 Å². The van der Waals surface area contributed by atoms with E-state index in [4.69, 9.17) is 19.4 Å². The van der Waals surface area contributed by atoms with Gasteiger partial charge in [0.1, 0.15) is 0 Å². The maximum absolute atomic E-state index is 6.62. The second-order valence-electron chi connectivity index (χ2n) is 18.6. The van der Waals surface area contributed by atoms with Crippen molar-refractivity contribution < 1.29 is 9.47 Å². The summed E-state index contributed by atoms with van der Waals surface area (Å²) in [5.74, 6) is 6.76. The third-order valence-corrected chi connectivity index (χ3v) is 15.3. The van der Waals surface area contributed by atoms with Crippen LogP contribution in [0.3, 0.4) is 0 Å². The predicted molar refractivity (Wildman–Crippen MR) is 260 cm³/mol. The molecule has 4 fully saturated rings. The summed E-state index contributed by atoms with van der Waals surface area (Å²) in [6.07, 6.45) is 12.3. The van der Waals surface area contributed by atoms with Crippen molar-refractivity contribution in [3.63, 3.8) is 0 Å². The number of aromatic nitrogens is 2. The molecule has 4 heteroatoms. The van der Waals surface area contributed by atoms with E-state index in [9.17, 15) is 0 Å². The quantitative estimate of drug-likeness (QED) is 0.150. The molecule has 8 aromatic rings. The fourth-order valence-corrected chi connectivity index (χ4v) is 12.8. The second kappa shape index (κ2) is 14.4. The third kappa shape index (κ3) is 5.61. The molecule has 0 unspecified atom stereocenters. The fourth-order valence-electron chi connectivity index (χ4n) is 12.8. The van der Waals surface area contributed by atoms with Gasteiger partial charge >= 0.3 is 0 Å². The number of fused-ring (bicyclic) bond motifs is 6. The molecule has 308 valence electrons. The SMILES string of the molecule is C=C/C=C(\C=C)c1ccc(-c2nc(-c3ccccc3-c3ccccc3)c3ccc(-c4ccc5c(c4)C4(c6cc7c(cc6-5)Oc5ccccc5O7)C5CC6CC(C5)CC4C6)cc3n2)cc1. The fraction of sp³-hybridized carbons (Fsp3) is 0.167. The predicted octanol–water partition coefficient (Wildman–Crippen LogP) is 15.7. The highest BCUT2D eigenvalue weighted by atomic mass is 16.6. The lowest BCUT2D eigenvalue weighted by molar-refractivity contribution is -0.0399. The van der Waals surface area contributed by atoms with Crippen LogP contribution < -0.4 is 9.47 Å². The minimum atomic E-state index is -0.0531. The topological polar surface area (TPSA) is 44.2 Å². The van der Waals surface area contributed by atoms with Crippen LogP contribution in [-0.2, 0) is 5.41 Å². The highest BCUT2D eigenvalue weighted by Gasteiger charge is 2.62. The molecule has 2 heterocycles. The molecular weight excluding hydrogens is 781 g/mol. The van der Waals surface area contributed by atoms with Gasteiger partial charge in [-0.25, -0.2) is 9.97 Å². The minimum Gasteiger partial charge on any atom is -0.450 e. The third-order valence-electron chi connectivity index (χ3n) is 15.3. The van der Waals surface area contributed by atoms with Gasteiger partial charge in [-0.2, -0.15) is 0 Å². The Morgan fingerprint density at radius 3 is 1.86 bits per heavy atom. The summed E-state index contributed by atoms with van der Waals surface area (Å²) in [6, 6.07) is 54.4. The van der Waals surface area contributed by atoms with Gasteiger partial charge in [0.2, 0.25) is 0 Å². The van der Waals surface area contributed by atoms with Crippen LogP contribution in [0.2, 0.25) is 0 Å². The van der Waals surface area contributed by atoms with E-state index in [1.807, 2.05) is 36.4 Å².